The Hall–Kier alpha value is -2.01. The number of aromatic nitrogens is 2. The van der Waals surface area contributed by atoms with E-state index in [1.165, 1.54) is 34.0 Å². The van der Waals surface area contributed by atoms with E-state index in [0.29, 0.717) is 34.7 Å². The van der Waals surface area contributed by atoms with E-state index in [2.05, 4.69) is 15.3 Å². The number of hydrogen-bond donors (Lipinski definition) is 1. The predicted molar refractivity (Wildman–Crippen MR) is 125 cm³/mol. The van der Waals surface area contributed by atoms with Crippen LogP contribution in [-0.2, 0) is 28.9 Å². The number of thiazole rings is 2. The third kappa shape index (κ3) is 5.62. The summed E-state index contributed by atoms with van der Waals surface area (Å²) in [6.07, 6.45) is 0.479. The van der Waals surface area contributed by atoms with E-state index in [4.69, 9.17) is 16.3 Å². The first-order chi connectivity index (χ1) is 14.7. The van der Waals surface area contributed by atoms with Crippen molar-refractivity contribution < 1.29 is 14.3 Å². The molecular weight excluding hydrogens is 476 g/mol. The van der Waals surface area contributed by atoms with Gasteiger partial charge >= 0.3 is 6.09 Å². The molecule has 3 aromatic rings. The van der Waals surface area contributed by atoms with Gasteiger partial charge < -0.3 is 15.0 Å². The van der Waals surface area contributed by atoms with Crippen LogP contribution in [0, 0.1) is 0 Å². The SMILES string of the molecule is CC(C)(C)OC(=O)N1CCc2nc(NC(=O)Cc3csc(-c4ccc(Cl)s4)n3)sc2C1. The van der Waals surface area contributed by atoms with Crippen molar-refractivity contribution in [3.05, 3.63) is 38.1 Å². The summed E-state index contributed by atoms with van der Waals surface area (Å²) in [6, 6.07) is 3.76. The second kappa shape index (κ2) is 8.85. The van der Waals surface area contributed by atoms with E-state index in [1.54, 1.807) is 4.90 Å². The summed E-state index contributed by atoms with van der Waals surface area (Å²) in [7, 11) is 0. The van der Waals surface area contributed by atoms with Gasteiger partial charge in [0.2, 0.25) is 5.91 Å². The highest BCUT2D eigenvalue weighted by Gasteiger charge is 2.28. The number of thiophene rings is 1. The number of amides is 2. The highest BCUT2D eigenvalue weighted by molar-refractivity contribution is 7.23. The monoisotopic (exact) mass is 496 g/mol. The summed E-state index contributed by atoms with van der Waals surface area (Å²) in [5.41, 5.74) is 1.10. The number of rotatable bonds is 4. The number of nitrogens with one attached hydrogen (secondary N) is 1. The molecule has 0 aliphatic carbocycles. The zero-order chi connectivity index (χ0) is 22.2. The third-order valence-corrected chi connectivity index (χ3v) is 7.60. The Morgan fingerprint density at radius 2 is 2.06 bits per heavy atom. The summed E-state index contributed by atoms with van der Waals surface area (Å²) in [5, 5.41) is 6.14. The fraction of sp³-hybridized carbons (Fsp3) is 0.400. The van der Waals surface area contributed by atoms with Gasteiger partial charge in [-0.3, -0.25) is 4.79 Å². The molecule has 1 N–H and O–H groups in total. The average molecular weight is 497 g/mol. The molecule has 4 rings (SSSR count). The lowest BCUT2D eigenvalue weighted by Gasteiger charge is -2.29. The number of fused-ring (bicyclic) bond motifs is 1. The fourth-order valence-corrected chi connectivity index (χ4v) is 5.96. The Labute approximate surface area is 197 Å². The molecule has 1 aliphatic heterocycles. The first-order valence-electron chi connectivity index (χ1n) is 9.63. The first-order valence-corrected chi connectivity index (χ1v) is 12.5. The van der Waals surface area contributed by atoms with E-state index >= 15 is 0 Å². The van der Waals surface area contributed by atoms with Crippen LogP contribution in [0.2, 0.25) is 4.34 Å². The smallest absolute Gasteiger partial charge is 0.410 e. The molecule has 0 aromatic carbocycles. The maximum Gasteiger partial charge on any atom is 0.410 e. The van der Waals surface area contributed by atoms with Gasteiger partial charge in [-0.05, 0) is 32.9 Å². The third-order valence-electron chi connectivity index (χ3n) is 4.31. The van der Waals surface area contributed by atoms with Gasteiger partial charge in [-0.2, -0.15) is 0 Å². The minimum absolute atomic E-state index is 0.170. The number of anilines is 1. The lowest BCUT2D eigenvalue weighted by atomic mass is 10.2. The molecule has 0 radical (unpaired) electrons. The minimum atomic E-state index is -0.532. The van der Waals surface area contributed by atoms with E-state index in [-0.39, 0.29) is 18.4 Å². The normalized spacial score (nSPS) is 13.7. The molecule has 0 bridgehead atoms. The van der Waals surface area contributed by atoms with Crippen molar-refractivity contribution in [3.8, 4) is 9.88 Å². The zero-order valence-corrected chi connectivity index (χ0v) is 20.4. The number of halogens is 1. The molecule has 164 valence electrons. The van der Waals surface area contributed by atoms with Crippen molar-refractivity contribution in [1.29, 1.82) is 0 Å². The van der Waals surface area contributed by atoms with Crippen molar-refractivity contribution in [3.63, 3.8) is 0 Å². The maximum absolute atomic E-state index is 12.5. The Morgan fingerprint density at radius 1 is 1.26 bits per heavy atom. The first kappa shape index (κ1) is 22.2. The van der Waals surface area contributed by atoms with E-state index < -0.39 is 5.60 Å². The van der Waals surface area contributed by atoms with Crippen LogP contribution in [0.1, 0.15) is 37.0 Å². The van der Waals surface area contributed by atoms with Gasteiger partial charge in [-0.15, -0.1) is 22.7 Å². The minimum Gasteiger partial charge on any atom is -0.444 e. The predicted octanol–water partition coefficient (Wildman–Crippen LogP) is 5.46. The number of carbonyl (C=O) groups is 2. The van der Waals surface area contributed by atoms with Gasteiger partial charge in [0.05, 0.1) is 33.6 Å². The number of hydrogen-bond acceptors (Lipinski definition) is 8. The largest absolute Gasteiger partial charge is 0.444 e. The molecule has 3 aromatic heterocycles. The van der Waals surface area contributed by atoms with Crippen molar-refractivity contribution in [2.24, 2.45) is 0 Å². The fourth-order valence-electron chi connectivity index (χ4n) is 2.99. The van der Waals surface area contributed by atoms with Crippen LogP contribution in [0.25, 0.3) is 9.88 Å². The summed E-state index contributed by atoms with van der Waals surface area (Å²) in [6.45, 7) is 6.54. The molecule has 0 atom stereocenters. The molecule has 0 spiro atoms. The number of ether oxygens (including phenoxy) is 1. The Balaban J connectivity index is 1.35. The molecule has 2 amide bonds. The Bertz CT molecular complexity index is 1120. The molecule has 0 saturated carbocycles. The molecule has 0 unspecified atom stereocenters. The highest BCUT2D eigenvalue weighted by Crippen LogP contribution is 2.33. The molecular formula is C20H21ClN4O3S3. The van der Waals surface area contributed by atoms with E-state index in [0.717, 1.165) is 20.5 Å². The van der Waals surface area contributed by atoms with E-state index in [1.807, 2.05) is 38.3 Å². The second-order valence-corrected chi connectivity index (χ2v) is 11.7. The average Bonchev–Trinajstić information content (AvgIpc) is 3.38. The van der Waals surface area contributed by atoms with Crippen LogP contribution in [0.15, 0.2) is 17.5 Å². The summed E-state index contributed by atoms with van der Waals surface area (Å²) >= 11 is 10.3. The summed E-state index contributed by atoms with van der Waals surface area (Å²) in [4.78, 5) is 37.5. The topological polar surface area (TPSA) is 84.4 Å². The van der Waals surface area contributed by atoms with Crippen LogP contribution in [0.3, 0.4) is 0 Å². The Morgan fingerprint density at radius 3 is 2.77 bits per heavy atom. The molecule has 7 nitrogen and oxygen atoms in total. The van der Waals surface area contributed by atoms with Gasteiger partial charge in [0, 0.05) is 23.2 Å². The highest BCUT2D eigenvalue weighted by atomic mass is 35.5. The van der Waals surface area contributed by atoms with Crippen LogP contribution in [0.4, 0.5) is 9.93 Å². The van der Waals surface area contributed by atoms with Gasteiger partial charge in [-0.25, -0.2) is 14.8 Å². The van der Waals surface area contributed by atoms with Crippen LogP contribution >= 0.6 is 45.6 Å². The Kier molecular flexibility index (Phi) is 6.34. The van der Waals surface area contributed by atoms with Crippen molar-refractivity contribution in [2.45, 2.75) is 45.8 Å². The standard InChI is InChI=1S/C20H21ClN4O3S3/c1-20(2,3)28-19(27)25-7-6-12-14(9-25)31-18(23-12)24-16(26)8-11-10-29-17(22-11)13-4-5-15(21)30-13/h4-5,10H,6-9H2,1-3H3,(H,23,24,26). The molecule has 0 saturated heterocycles. The summed E-state index contributed by atoms with van der Waals surface area (Å²) < 4.78 is 6.16. The van der Waals surface area contributed by atoms with Crippen LogP contribution in [-0.4, -0.2) is 39.0 Å². The van der Waals surface area contributed by atoms with Crippen molar-refractivity contribution in [1.82, 2.24) is 14.9 Å². The van der Waals surface area contributed by atoms with Gasteiger partial charge in [0.15, 0.2) is 5.13 Å². The van der Waals surface area contributed by atoms with Crippen LogP contribution < -0.4 is 5.32 Å². The molecule has 11 heteroatoms. The molecule has 4 heterocycles. The van der Waals surface area contributed by atoms with Crippen LogP contribution in [0.5, 0.6) is 0 Å². The number of nitrogens with zero attached hydrogens (tertiary/aromatic N) is 3. The van der Waals surface area contributed by atoms with Gasteiger partial charge in [-0.1, -0.05) is 22.9 Å². The zero-order valence-electron chi connectivity index (χ0n) is 17.2. The van der Waals surface area contributed by atoms with Gasteiger partial charge in [0.1, 0.15) is 10.6 Å². The lowest BCUT2D eigenvalue weighted by molar-refractivity contribution is -0.115. The maximum atomic E-state index is 12.5. The molecule has 31 heavy (non-hydrogen) atoms. The second-order valence-electron chi connectivity index (χ2n) is 8.01. The van der Waals surface area contributed by atoms with Crippen molar-refractivity contribution in [2.75, 3.05) is 11.9 Å². The lowest BCUT2D eigenvalue weighted by Crippen LogP contribution is -2.39. The van der Waals surface area contributed by atoms with Crippen molar-refractivity contribution >= 4 is 62.7 Å². The molecule has 0 fully saturated rings. The molecule has 1 aliphatic rings. The summed E-state index contributed by atoms with van der Waals surface area (Å²) in [5.74, 6) is -0.170. The quantitative estimate of drug-likeness (QED) is 0.518. The van der Waals surface area contributed by atoms with E-state index in [9.17, 15) is 9.59 Å². The number of carbonyl (C=O) groups excluding carboxylic acids is 2. The van der Waals surface area contributed by atoms with Gasteiger partial charge in [0.25, 0.3) is 0 Å².